The average Bonchev–Trinajstić information content (AvgIpc) is 2.95. The topological polar surface area (TPSA) is 68.5 Å². The van der Waals surface area contributed by atoms with Gasteiger partial charge in [0.05, 0.1) is 49.4 Å². The molecule has 2 aromatic rings. The zero-order chi connectivity index (χ0) is 27.1. The molecule has 2 aliphatic heterocycles. The van der Waals surface area contributed by atoms with Crippen LogP contribution in [0.4, 0.5) is 17.1 Å². The predicted molar refractivity (Wildman–Crippen MR) is 154 cm³/mol. The van der Waals surface area contributed by atoms with E-state index < -0.39 is 0 Å². The third-order valence-corrected chi connectivity index (χ3v) is 8.23. The zero-order valence-corrected chi connectivity index (χ0v) is 23.4. The van der Waals surface area contributed by atoms with E-state index in [1.165, 1.54) is 0 Å². The molecule has 0 amide bonds. The molecule has 0 radical (unpaired) electrons. The molecule has 0 fully saturated rings. The monoisotopic (exact) mass is 519 g/mol. The zero-order valence-electron chi connectivity index (χ0n) is 23.4. The van der Waals surface area contributed by atoms with Gasteiger partial charge in [0.1, 0.15) is 29.5 Å². The molecule has 8 heteroatoms. The number of methoxy groups -OCH3 is 2. The van der Waals surface area contributed by atoms with E-state index in [1.54, 1.807) is 14.2 Å². The summed E-state index contributed by atoms with van der Waals surface area (Å²) in [5, 5.41) is 13.1. The molecule has 2 heterocycles. The van der Waals surface area contributed by atoms with E-state index in [4.69, 9.17) is 9.47 Å². The Kier molecular flexibility index (Phi) is 6.99. The van der Waals surface area contributed by atoms with E-state index in [0.29, 0.717) is 33.4 Å². The molecule has 0 spiro atoms. The number of aliphatic hydroxyl groups excluding tert-OH is 1. The Morgan fingerprint density at radius 1 is 0.789 bits per heavy atom. The van der Waals surface area contributed by atoms with Crippen LogP contribution in [0.15, 0.2) is 30.0 Å². The number of aliphatic hydroxyl groups is 1. The molecule has 0 aromatic heterocycles. The van der Waals surface area contributed by atoms with Gasteiger partial charge in [-0.15, -0.1) is 0 Å². The Hall–Kier alpha value is -3.68. The molecule has 1 N–H and O–H groups in total. The van der Waals surface area contributed by atoms with E-state index in [2.05, 4.69) is 47.0 Å². The fourth-order valence-electron chi connectivity index (χ4n) is 6.04. The number of carbonyl (C=O) groups is 1. The summed E-state index contributed by atoms with van der Waals surface area (Å²) in [6.45, 7) is 15.7. The largest absolute Gasteiger partial charge is 0.506 e. The third kappa shape index (κ3) is 3.89. The van der Waals surface area contributed by atoms with Crippen molar-refractivity contribution in [2.45, 2.75) is 27.7 Å². The molecule has 0 saturated heterocycles. The van der Waals surface area contributed by atoms with Gasteiger partial charge in [-0.25, -0.2) is 4.58 Å². The summed E-state index contributed by atoms with van der Waals surface area (Å²) in [6.07, 6.45) is 0. The highest BCUT2D eigenvalue weighted by Gasteiger charge is 2.39. The maximum Gasteiger partial charge on any atom is 0.227 e. The van der Waals surface area contributed by atoms with Crippen LogP contribution in [0.1, 0.15) is 33.3 Å². The number of benzene rings is 2. The van der Waals surface area contributed by atoms with Gasteiger partial charge < -0.3 is 29.3 Å². The van der Waals surface area contributed by atoms with Crippen molar-refractivity contribution in [3.63, 3.8) is 0 Å². The number of allylic oxidation sites excluding steroid dienone is 2. The molecular weight excluding hydrogens is 480 g/mol. The first-order valence-corrected chi connectivity index (χ1v) is 13.7. The summed E-state index contributed by atoms with van der Waals surface area (Å²) in [5.41, 5.74) is 4.43. The highest BCUT2D eigenvalue weighted by molar-refractivity contribution is 6.52. The first-order valence-electron chi connectivity index (χ1n) is 13.7. The van der Waals surface area contributed by atoms with Crippen LogP contribution in [-0.2, 0) is 4.79 Å². The van der Waals surface area contributed by atoms with Gasteiger partial charge in [-0.1, -0.05) is 0 Å². The lowest BCUT2D eigenvalue weighted by molar-refractivity contribution is -0.109. The summed E-state index contributed by atoms with van der Waals surface area (Å²) in [7, 11) is 3.22. The van der Waals surface area contributed by atoms with Crippen molar-refractivity contribution < 1.29 is 19.4 Å². The number of nitrogens with zero attached hydrogens (tertiary/aromatic N) is 4. The van der Waals surface area contributed by atoms with Crippen molar-refractivity contribution in [1.82, 2.24) is 4.58 Å². The van der Waals surface area contributed by atoms with Crippen LogP contribution >= 0.6 is 0 Å². The van der Waals surface area contributed by atoms with Crippen LogP contribution in [-0.4, -0.2) is 77.5 Å². The molecule has 2 aromatic carbocycles. The van der Waals surface area contributed by atoms with E-state index in [1.807, 2.05) is 24.3 Å². The second kappa shape index (κ2) is 10.2. The maximum absolute atomic E-state index is 13.8. The van der Waals surface area contributed by atoms with Crippen molar-refractivity contribution in [3.8, 4) is 11.5 Å². The molecule has 0 saturated carbocycles. The van der Waals surface area contributed by atoms with Gasteiger partial charge in [0.25, 0.3) is 0 Å². The Morgan fingerprint density at radius 2 is 1.39 bits per heavy atom. The van der Waals surface area contributed by atoms with Crippen LogP contribution < -0.4 is 39.3 Å². The first kappa shape index (κ1) is 25.9. The van der Waals surface area contributed by atoms with Gasteiger partial charge in [0.15, 0.2) is 6.54 Å². The summed E-state index contributed by atoms with van der Waals surface area (Å²) in [5.74, 6) is 0.963. The molecule has 3 aliphatic rings. The number of fused-ring (bicyclic) bond motifs is 2. The van der Waals surface area contributed by atoms with Crippen LogP contribution in [0.25, 0.3) is 11.1 Å². The maximum atomic E-state index is 13.8. The molecule has 0 atom stereocenters. The standard InChI is InChI=1S/C30H38N4O4/c1-7-31-11-13-33(9-3)23-17-25(37-5)19(15-21(23)31)27-29(35)28(30(27)36)20-16-22-24(18-26(20)38-6)34(10-4)14-12-32(22)8-2/h15-18H,7-14H2,1-6H3/p+1. The van der Waals surface area contributed by atoms with Gasteiger partial charge >= 0.3 is 0 Å². The van der Waals surface area contributed by atoms with Crippen molar-refractivity contribution in [2.24, 2.45) is 0 Å². The second-order valence-corrected chi connectivity index (χ2v) is 9.83. The van der Waals surface area contributed by atoms with Crippen LogP contribution in [0, 0.1) is 0 Å². The number of hydrogen-bond donors (Lipinski definition) is 1. The quantitative estimate of drug-likeness (QED) is 0.564. The number of anilines is 3. The van der Waals surface area contributed by atoms with Gasteiger partial charge in [-0.2, -0.15) is 0 Å². The lowest BCUT2D eigenvalue weighted by atomic mass is 9.81. The van der Waals surface area contributed by atoms with E-state index in [-0.39, 0.29) is 11.5 Å². The number of Topliss-reactive ketones (excluding diaryl/α,β-unsaturated/α-hetero) is 1. The first-order chi connectivity index (χ1) is 18.4. The molecule has 5 rings (SSSR count). The Labute approximate surface area is 224 Å². The van der Waals surface area contributed by atoms with Crippen molar-refractivity contribution in [1.29, 1.82) is 0 Å². The number of rotatable bonds is 7. The molecule has 202 valence electrons. The summed E-state index contributed by atoms with van der Waals surface area (Å²) < 4.78 is 13.8. The molecule has 8 nitrogen and oxygen atoms in total. The molecule has 38 heavy (non-hydrogen) atoms. The van der Waals surface area contributed by atoms with Crippen molar-refractivity contribution >= 4 is 34.0 Å². The number of likely N-dealkylation sites (N-methyl/N-ethyl adjacent to an activating group) is 4. The number of ketones is 1. The molecule has 1 aliphatic carbocycles. The van der Waals surface area contributed by atoms with Crippen LogP contribution in [0.2, 0.25) is 0 Å². The number of hydrogen-bond acceptors (Lipinski definition) is 7. The minimum Gasteiger partial charge on any atom is -0.506 e. The smallest absolute Gasteiger partial charge is 0.227 e. The van der Waals surface area contributed by atoms with Crippen molar-refractivity contribution in [2.75, 3.05) is 81.3 Å². The van der Waals surface area contributed by atoms with E-state index in [0.717, 1.165) is 74.8 Å². The normalized spacial score (nSPS) is 18.4. The lowest BCUT2D eigenvalue weighted by Gasteiger charge is -2.39. The van der Waals surface area contributed by atoms with Gasteiger partial charge in [0.2, 0.25) is 11.1 Å². The predicted octanol–water partition coefficient (Wildman–Crippen LogP) is 2.42. The Balaban J connectivity index is 1.73. The fourth-order valence-corrected chi connectivity index (χ4v) is 6.04. The fraction of sp³-hybridized carbons (Fsp3) is 0.467. The summed E-state index contributed by atoms with van der Waals surface area (Å²) in [4.78, 5) is 20.7. The summed E-state index contributed by atoms with van der Waals surface area (Å²) >= 11 is 0. The lowest BCUT2D eigenvalue weighted by Crippen LogP contribution is -2.47. The Bertz CT molecular complexity index is 1450. The third-order valence-electron chi connectivity index (χ3n) is 8.23. The van der Waals surface area contributed by atoms with Gasteiger partial charge in [0, 0.05) is 49.6 Å². The Morgan fingerprint density at radius 3 is 1.95 bits per heavy atom. The molecule has 0 bridgehead atoms. The van der Waals surface area contributed by atoms with E-state index >= 15 is 0 Å². The highest BCUT2D eigenvalue weighted by atomic mass is 16.5. The number of ether oxygens (including phenoxy) is 2. The van der Waals surface area contributed by atoms with E-state index in [9.17, 15) is 9.90 Å². The average molecular weight is 520 g/mol. The van der Waals surface area contributed by atoms with Gasteiger partial charge in [-0.05, 0) is 39.8 Å². The SMILES string of the molecule is CCN1CCN(CC)c2cc(C3=C(O)/C(=c4\cc5c(cc4OC)=[N+](CC)CCN5CC)C3=O)c(OC)cc21. The van der Waals surface area contributed by atoms with Crippen LogP contribution in [0.5, 0.6) is 11.5 Å². The minimum atomic E-state index is -0.198. The molecular formula is C30H39N4O4+. The molecule has 0 unspecified atom stereocenters. The second-order valence-electron chi connectivity index (χ2n) is 9.83. The van der Waals surface area contributed by atoms with Gasteiger partial charge in [-0.3, -0.25) is 4.79 Å². The number of carbonyl (C=O) groups excluding carboxylic acids is 1. The minimum absolute atomic E-state index is 0.0103. The highest BCUT2D eigenvalue weighted by Crippen LogP contribution is 2.46. The van der Waals surface area contributed by atoms with Crippen molar-refractivity contribution in [3.05, 3.63) is 46.2 Å². The van der Waals surface area contributed by atoms with Crippen LogP contribution in [0.3, 0.4) is 0 Å². The summed E-state index contributed by atoms with van der Waals surface area (Å²) in [6, 6.07) is 8.00.